The molecule has 2 rings (SSSR count). The number of furan rings is 1. The van der Waals surface area contributed by atoms with Gasteiger partial charge in [-0.05, 0) is 17.7 Å². The normalized spacial score (nSPS) is 10.2. The van der Waals surface area contributed by atoms with E-state index in [1.807, 2.05) is 30.3 Å². The van der Waals surface area contributed by atoms with Crippen LogP contribution in [0.2, 0.25) is 0 Å². The van der Waals surface area contributed by atoms with Gasteiger partial charge in [-0.15, -0.1) is 0 Å². The molecule has 0 atom stereocenters. The number of carbonyl (C=O) groups excluding carboxylic acids is 1. The fourth-order valence-electron chi connectivity index (χ4n) is 1.47. The molecule has 0 unspecified atom stereocenters. The van der Waals surface area contributed by atoms with Gasteiger partial charge in [-0.25, -0.2) is 0 Å². The SMILES string of the molecule is NCc1ccc(C(=O)NCc2ccccc2)o1. The van der Waals surface area contributed by atoms with Crippen molar-refractivity contribution in [1.29, 1.82) is 0 Å². The molecule has 0 aliphatic carbocycles. The summed E-state index contributed by atoms with van der Waals surface area (Å²) in [5.74, 6) is 0.671. The highest BCUT2D eigenvalue weighted by atomic mass is 16.4. The van der Waals surface area contributed by atoms with Crippen molar-refractivity contribution in [1.82, 2.24) is 5.32 Å². The largest absolute Gasteiger partial charge is 0.455 e. The van der Waals surface area contributed by atoms with E-state index in [1.54, 1.807) is 12.1 Å². The third-order valence-corrected chi connectivity index (χ3v) is 2.38. The van der Waals surface area contributed by atoms with E-state index in [-0.39, 0.29) is 5.91 Å². The first-order chi connectivity index (χ1) is 8.29. The van der Waals surface area contributed by atoms with Gasteiger partial charge >= 0.3 is 0 Å². The molecule has 0 aliphatic rings. The minimum atomic E-state index is -0.228. The van der Waals surface area contributed by atoms with E-state index in [1.165, 1.54) is 0 Å². The number of amides is 1. The van der Waals surface area contributed by atoms with Gasteiger partial charge in [0.1, 0.15) is 5.76 Å². The first kappa shape index (κ1) is 11.4. The lowest BCUT2D eigenvalue weighted by Gasteiger charge is -2.02. The number of rotatable bonds is 4. The zero-order valence-electron chi connectivity index (χ0n) is 9.35. The van der Waals surface area contributed by atoms with E-state index >= 15 is 0 Å². The summed E-state index contributed by atoms with van der Waals surface area (Å²) >= 11 is 0. The van der Waals surface area contributed by atoms with Gasteiger partial charge in [0.05, 0.1) is 6.54 Å². The minimum absolute atomic E-state index is 0.228. The molecule has 2 aromatic rings. The number of hydrogen-bond donors (Lipinski definition) is 2. The second-order valence-electron chi connectivity index (χ2n) is 3.64. The Kier molecular flexibility index (Phi) is 3.57. The quantitative estimate of drug-likeness (QED) is 0.839. The fraction of sp³-hybridized carbons (Fsp3) is 0.154. The molecule has 1 heterocycles. The Balaban J connectivity index is 1.93. The molecule has 0 radical (unpaired) electrons. The standard InChI is InChI=1S/C13H14N2O2/c14-8-11-6-7-12(17-11)13(16)15-9-10-4-2-1-3-5-10/h1-7H,8-9,14H2,(H,15,16). The first-order valence-electron chi connectivity index (χ1n) is 5.40. The lowest BCUT2D eigenvalue weighted by molar-refractivity contribution is 0.0921. The van der Waals surface area contributed by atoms with Gasteiger partial charge in [0.25, 0.3) is 5.91 Å². The van der Waals surface area contributed by atoms with E-state index in [4.69, 9.17) is 10.2 Å². The third-order valence-electron chi connectivity index (χ3n) is 2.38. The van der Waals surface area contributed by atoms with Gasteiger partial charge in [0, 0.05) is 6.54 Å². The van der Waals surface area contributed by atoms with Crippen molar-refractivity contribution in [2.75, 3.05) is 0 Å². The third kappa shape index (κ3) is 2.95. The molecular formula is C13H14N2O2. The molecule has 0 saturated carbocycles. The van der Waals surface area contributed by atoms with Crippen molar-refractivity contribution < 1.29 is 9.21 Å². The van der Waals surface area contributed by atoms with Crippen molar-refractivity contribution >= 4 is 5.91 Å². The van der Waals surface area contributed by atoms with Gasteiger partial charge in [-0.3, -0.25) is 4.79 Å². The molecule has 0 fully saturated rings. The molecule has 1 aromatic carbocycles. The highest BCUT2D eigenvalue weighted by molar-refractivity contribution is 5.91. The molecule has 17 heavy (non-hydrogen) atoms. The molecule has 4 nitrogen and oxygen atoms in total. The summed E-state index contributed by atoms with van der Waals surface area (Å²) in [6, 6.07) is 13.0. The first-order valence-corrected chi connectivity index (χ1v) is 5.40. The summed E-state index contributed by atoms with van der Waals surface area (Å²) < 4.78 is 5.25. The molecule has 0 saturated heterocycles. The Morgan fingerprint density at radius 2 is 1.94 bits per heavy atom. The topological polar surface area (TPSA) is 68.3 Å². The number of benzene rings is 1. The smallest absolute Gasteiger partial charge is 0.287 e. The van der Waals surface area contributed by atoms with E-state index in [2.05, 4.69) is 5.32 Å². The van der Waals surface area contributed by atoms with E-state index < -0.39 is 0 Å². The van der Waals surface area contributed by atoms with Crippen molar-refractivity contribution in [2.45, 2.75) is 13.1 Å². The van der Waals surface area contributed by atoms with Gasteiger partial charge in [-0.2, -0.15) is 0 Å². The Bertz CT molecular complexity index is 491. The minimum Gasteiger partial charge on any atom is -0.455 e. The van der Waals surface area contributed by atoms with Crippen molar-refractivity contribution in [2.24, 2.45) is 5.73 Å². The van der Waals surface area contributed by atoms with Crippen LogP contribution in [-0.2, 0) is 13.1 Å². The second-order valence-corrected chi connectivity index (χ2v) is 3.64. The van der Waals surface area contributed by atoms with E-state index in [0.29, 0.717) is 24.6 Å². The molecule has 0 spiro atoms. The van der Waals surface area contributed by atoms with Gasteiger partial charge in [0.2, 0.25) is 0 Å². The molecule has 88 valence electrons. The molecule has 0 bridgehead atoms. The Labute approximate surface area is 99.4 Å². The highest BCUT2D eigenvalue weighted by Crippen LogP contribution is 2.07. The second kappa shape index (κ2) is 5.32. The van der Waals surface area contributed by atoms with Gasteiger partial charge in [0.15, 0.2) is 5.76 Å². The molecular weight excluding hydrogens is 216 g/mol. The summed E-state index contributed by atoms with van der Waals surface area (Å²) in [5.41, 5.74) is 6.45. The van der Waals surface area contributed by atoms with Crippen LogP contribution in [0, 0.1) is 0 Å². The van der Waals surface area contributed by atoms with Crippen molar-refractivity contribution in [3.63, 3.8) is 0 Å². The summed E-state index contributed by atoms with van der Waals surface area (Å²) in [7, 11) is 0. The molecule has 3 N–H and O–H groups in total. The molecule has 4 heteroatoms. The van der Waals surface area contributed by atoms with Gasteiger partial charge < -0.3 is 15.5 Å². The summed E-state index contributed by atoms with van der Waals surface area (Å²) in [6.45, 7) is 0.782. The maximum atomic E-state index is 11.7. The molecule has 0 aliphatic heterocycles. The van der Waals surface area contributed by atoms with Crippen LogP contribution in [0.5, 0.6) is 0 Å². The van der Waals surface area contributed by atoms with Crippen LogP contribution >= 0.6 is 0 Å². The Hall–Kier alpha value is -2.07. The van der Waals surface area contributed by atoms with E-state index in [0.717, 1.165) is 5.56 Å². The zero-order valence-corrected chi connectivity index (χ0v) is 9.35. The van der Waals surface area contributed by atoms with Gasteiger partial charge in [-0.1, -0.05) is 30.3 Å². The average Bonchev–Trinajstić information content (AvgIpc) is 2.86. The maximum Gasteiger partial charge on any atom is 0.287 e. The number of hydrogen-bond acceptors (Lipinski definition) is 3. The average molecular weight is 230 g/mol. The lowest BCUT2D eigenvalue weighted by atomic mass is 10.2. The predicted molar refractivity (Wildman–Crippen MR) is 64.2 cm³/mol. The van der Waals surface area contributed by atoms with Crippen LogP contribution in [0.1, 0.15) is 21.9 Å². The van der Waals surface area contributed by atoms with Crippen molar-refractivity contribution in [3.8, 4) is 0 Å². The summed E-state index contributed by atoms with van der Waals surface area (Å²) in [4.78, 5) is 11.7. The Morgan fingerprint density at radius 3 is 2.59 bits per heavy atom. The summed E-state index contributed by atoms with van der Waals surface area (Å²) in [6.07, 6.45) is 0. The van der Waals surface area contributed by atoms with Crippen LogP contribution in [0.3, 0.4) is 0 Å². The zero-order chi connectivity index (χ0) is 12.1. The highest BCUT2D eigenvalue weighted by Gasteiger charge is 2.09. The monoisotopic (exact) mass is 230 g/mol. The van der Waals surface area contributed by atoms with Crippen LogP contribution in [0.15, 0.2) is 46.9 Å². The van der Waals surface area contributed by atoms with Crippen LogP contribution in [0.25, 0.3) is 0 Å². The lowest BCUT2D eigenvalue weighted by Crippen LogP contribution is -2.22. The molecule has 1 amide bonds. The Morgan fingerprint density at radius 1 is 1.18 bits per heavy atom. The number of nitrogens with one attached hydrogen (secondary N) is 1. The van der Waals surface area contributed by atoms with Crippen molar-refractivity contribution in [3.05, 3.63) is 59.5 Å². The maximum absolute atomic E-state index is 11.7. The van der Waals surface area contributed by atoms with Crippen LogP contribution < -0.4 is 11.1 Å². The van der Waals surface area contributed by atoms with Crippen LogP contribution in [0.4, 0.5) is 0 Å². The number of nitrogens with two attached hydrogens (primary N) is 1. The van der Waals surface area contributed by atoms with Crippen LogP contribution in [-0.4, -0.2) is 5.91 Å². The predicted octanol–water partition coefficient (Wildman–Crippen LogP) is 1.67. The van der Waals surface area contributed by atoms with E-state index in [9.17, 15) is 4.79 Å². The fourth-order valence-corrected chi connectivity index (χ4v) is 1.47. The molecule has 1 aromatic heterocycles. The summed E-state index contributed by atoms with van der Waals surface area (Å²) in [5, 5.41) is 2.78. The number of carbonyl (C=O) groups is 1.